The largest absolute Gasteiger partial charge is 0.342 e. The van der Waals surface area contributed by atoms with Gasteiger partial charge in [0.15, 0.2) is 5.65 Å². The molecule has 1 aliphatic heterocycles. The van der Waals surface area contributed by atoms with Crippen LogP contribution in [0, 0.1) is 0 Å². The maximum absolute atomic E-state index is 12.6. The van der Waals surface area contributed by atoms with Gasteiger partial charge in [0.05, 0.1) is 6.42 Å². The highest BCUT2D eigenvalue weighted by molar-refractivity contribution is 7.08. The lowest BCUT2D eigenvalue weighted by atomic mass is 10.1. The van der Waals surface area contributed by atoms with Crippen molar-refractivity contribution in [3.8, 4) is 0 Å². The van der Waals surface area contributed by atoms with E-state index in [9.17, 15) is 4.79 Å². The zero-order valence-corrected chi connectivity index (χ0v) is 15.2. The van der Waals surface area contributed by atoms with E-state index in [4.69, 9.17) is 4.98 Å². The van der Waals surface area contributed by atoms with E-state index in [1.54, 1.807) is 11.3 Å². The van der Waals surface area contributed by atoms with Gasteiger partial charge in [-0.3, -0.25) is 4.79 Å². The second-order valence-electron chi connectivity index (χ2n) is 6.60. The number of hydrogen-bond acceptors (Lipinski definition) is 4. The average molecular weight is 354 g/mol. The third kappa shape index (κ3) is 3.18. The van der Waals surface area contributed by atoms with Crippen LogP contribution in [0.1, 0.15) is 37.1 Å². The fraction of sp³-hybridized carbons (Fsp3) is 0.421. The van der Waals surface area contributed by atoms with Crippen LogP contribution in [0.4, 0.5) is 0 Å². The first-order valence-electron chi connectivity index (χ1n) is 8.86. The first kappa shape index (κ1) is 16.3. The molecule has 1 saturated heterocycles. The standard InChI is InChI=1S/C19H22N4OS/c1-2-8-23-18(21-16-4-3-7-20-19(16)23)15-5-9-22(12-15)17(24)11-14-6-10-25-13-14/h3-4,6-7,10,13,15H,2,5,8-9,11-12H2,1H3/t15-/m0/s1. The number of likely N-dealkylation sites (tertiary alicyclic amines) is 1. The number of pyridine rings is 1. The smallest absolute Gasteiger partial charge is 0.227 e. The van der Waals surface area contributed by atoms with Crippen LogP contribution in [0.3, 0.4) is 0 Å². The van der Waals surface area contributed by atoms with Crippen LogP contribution in [0.15, 0.2) is 35.2 Å². The zero-order valence-electron chi connectivity index (χ0n) is 14.4. The number of imidazole rings is 1. The number of nitrogens with zero attached hydrogens (tertiary/aromatic N) is 4. The molecule has 6 heteroatoms. The van der Waals surface area contributed by atoms with E-state index in [2.05, 4.69) is 21.9 Å². The van der Waals surface area contributed by atoms with Gasteiger partial charge < -0.3 is 9.47 Å². The zero-order chi connectivity index (χ0) is 17.2. The molecule has 3 aromatic heterocycles. The van der Waals surface area contributed by atoms with Crippen molar-refractivity contribution in [3.63, 3.8) is 0 Å². The van der Waals surface area contributed by atoms with Gasteiger partial charge >= 0.3 is 0 Å². The van der Waals surface area contributed by atoms with Crippen molar-refractivity contribution in [2.24, 2.45) is 0 Å². The molecule has 5 nitrogen and oxygen atoms in total. The molecule has 0 radical (unpaired) electrons. The van der Waals surface area contributed by atoms with E-state index in [1.807, 2.05) is 34.7 Å². The minimum absolute atomic E-state index is 0.220. The van der Waals surface area contributed by atoms with Gasteiger partial charge in [-0.1, -0.05) is 6.92 Å². The van der Waals surface area contributed by atoms with Crippen molar-refractivity contribution in [2.75, 3.05) is 13.1 Å². The van der Waals surface area contributed by atoms with Crippen LogP contribution in [0.5, 0.6) is 0 Å². The Morgan fingerprint density at radius 1 is 1.40 bits per heavy atom. The molecule has 0 aromatic carbocycles. The highest BCUT2D eigenvalue weighted by atomic mass is 32.1. The Bertz CT molecular complexity index is 871. The van der Waals surface area contributed by atoms with Crippen molar-refractivity contribution >= 4 is 28.4 Å². The minimum Gasteiger partial charge on any atom is -0.342 e. The number of thiophene rings is 1. The molecule has 130 valence electrons. The Kier molecular flexibility index (Phi) is 4.53. The number of aromatic nitrogens is 3. The van der Waals surface area contributed by atoms with E-state index in [-0.39, 0.29) is 5.91 Å². The number of carbonyl (C=O) groups excluding carboxylic acids is 1. The number of hydrogen-bond donors (Lipinski definition) is 0. The molecule has 0 bridgehead atoms. The summed E-state index contributed by atoms with van der Waals surface area (Å²) in [5.41, 5.74) is 3.03. The van der Waals surface area contributed by atoms with Gasteiger partial charge in [0.2, 0.25) is 5.91 Å². The molecule has 25 heavy (non-hydrogen) atoms. The van der Waals surface area contributed by atoms with E-state index in [0.717, 1.165) is 55.0 Å². The van der Waals surface area contributed by atoms with E-state index in [1.165, 1.54) is 0 Å². The lowest BCUT2D eigenvalue weighted by Crippen LogP contribution is -2.30. The summed E-state index contributed by atoms with van der Waals surface area (Å²) in [6.45, 7) is 4.67. The summed E-state index contributed by atoms with van der Waals surface area (Å²) in [6.07, 6.45) is 4.35. The molecule has 1 fully saturated rings. The minimum atomic E-state index is 0.220. The molecule has 0 saturated carbocycles. The first-order chi connectivity index (χ1) is 12.3. The average Bonchev–Trinajstić information content (AvgIpc) is 3.34. The summed E-state index contributed by atoms with van der Waals surface area (Å²) < 4.78 is 2.24. The van der Waals surface area contributed by atoms with Crippen LogP contribution in [0.2, 0.25) is 0 Å². The molecular formula is C19H22N4OS. The predicted molar refractivity (Wildman–Crippen MR) is 99.8 cm³/mol. The van der Waals surface area contributed by atoms with E-state index < -0.39 is 0 Å². The van der Waals surface area contributed by atoms with E-state index in [0.29, 0.717) is 12.3 Å². The normalized spacial score (nSPS) is 17.5. The first-order valence-corrected chi connectivity index (χ1v) is 9.80. The molecule has 3 aromatic rings. The van der Waals surface area contributed by atoms with Crippen molar-refractivity contribution < 1.29 is 4.79 Å². The van der Waals surface area contributed by atoms with Gasteiger partial charge in [-0.2, -0.15) is 11.3 Å². The number of aryl methyl sites for hydroxylation is 1. The second-order valence-corrected chi connectivity index (χ2v) is 7.38. The van der Waals surface area contributed by atoms with Crippen molar-refractivity contribution in [1.82, 2.24) is 19.4 Å². The molecule has 0 aliphatic carbocycles. The Balaban J connectivity index is 1.54. The Labute approximate surface area is 151 Å². The number of carbonyl (C=O) groups is 1. The number of rotatable bonds is 5. The van der Waals surface area contributed by atoms with Gasteiger partial charge in [-0.05, 0) is 47.4 Å². The maximum Gasteiger partial charge on any atom is 0.227 e. The fourth-order valence-electron chi connectivity index (χ4n) is 3.61. The van der Waals surface area contributed by atoms with Crippen LogP contribution in [-0.2, 0) is 17.8 Å². The maximum atomic E-state index is 12.6. The molecule has 4 heterocycles. The van der Waals surface area contributed by atoms with Crippen molar-refractivity contribution in [2.45, 2.75) is 38.6 Å². The number of amides is 1. The van der Waals surface area contributed by atoms with Crippen LogP contribution >= 0.6 is 11.3 Å². The van der Waals surface area contributed by atoms with Crippen LogP contribution in [-0.4, -0.2) is 38.4 Å². The van der Waals surface area contributed by atoms with Crippen LogP contribution in [0.25, 0.3) is 11.2 Å². The van der Waals surface area contributed by atoms with Crippen molar-refractivity contribution in [1.29, 1.82) is 0 Å². The quantitative estimate of drug-likeness (QED) is 0.705. The lowest BCUT2D eigenvalue weighted by Gasteiger charge is -2.17. The topological polar surface area (TPSA) is 51.0 Å². The van der Waals surface area contributed by atoms with Gasteiger partial charge in [-0.15, -0.1) is 0 Å². The molecular weight excluding hydrogens is 332 g/mol. The van der Waals surface area contributed by atoms with E-state index >= 15 is 0 Å². The van der Waals surface area contributed by atoms with Crippen molar-refractivity contribution in [3.05, 3.63) is 46.5 Å². The van der Waals surface area contributed by atoms with Gasteiger partial charge in [0.25, 0.3) is 0 Å². The molecule has 1 aliphatic rings. The molecule has 0 spiro atoms. The Morgan fingerprint density at radius 2 is 2.32 bits per heavy atom. The number of fused-ring (bicyclic) bond motifs is 1. The van der Waals surface area contributed by atoms with Gasteiger partial charge in [-0.25, -0.2) is 9.97 Å². The summed E-state index contributed by atoms with van der Waals surface area (Å²) in [5, 5.41) is 4.08. The predicted octanol–water partition coefficient (Wildman–Crippen LogP) is 3.46. The molecule has 0 N–H and O–H groups in total. The molecule has 4 rings (SSSR count). The van der Waals surface area contributed by atoms with Crippen LogP contribution < -0.4 is 0 Å². The summed E-state index contributed by atoms with van der Waals surface area (Å²) in [5.74, 6) is 1.60. The molecule has 1 amide bonds. The summed E-state index contributed by atoms with van der Waals surface area (Å²) in [4.78, 5) is 23.9. The Morgan fingerprint density at radius 3 is 3.12 bits per heavy atom. The molecule has 1 atom stereocenters. The third-order valence-electron chi connectivity index (χ3n) is 4.82. The second kappa shape index (κ2) is 6.96. The SMILES string of the molecule is CCCn1c([C@H]2CCN(C(=O)Cc3ccsc3)C2)nc2cccnc21. The highest BCUT2D eigenvalue weighted by Crippen LogP contribution is 2.29. The monoisotopic (exact) mass is 354 g/mol. The fourth-order valence-corrected chi connectivity index (χ4v) is 4.28. The summed E-state index contributed by atoms with van der Waals surface area (Å²) >= 11 is 1.64. The van der Waals surface area contributed by atoms with Gasteiger partial charge in [0.1, 0.15) is 11.3 Å². The summed E-state index contributed by atoms with van der Waals surface area (Å²) in [7, 11) is 0. The highest BCUT2D eigenvalue weighted by Gasteiger charge is 2.31. The third-order valence-corrected chi connectivity index (χ3v) is 5.55. The lowest BCUT2D eigenvalue weighted by molar-refractivity contribution is -0.129. The Hall–Kier alpha value is -2.21. The van der Waals surface area contributed by atoms with Gasteiger partial charge in [0, 0.05) is 31.7 Å². The molecule has 0 unspecified atom stereocenters. The summed E-state index contributed by atoms with van der Waals surface area (Å²) in [6, 6.07) is 5.98.